The molecule has 1 aromatic rings. The molecule has 0 aromatic heterocycles. The van der Waals surface area contributed by atoms with Crippen molar-refractivity contribution in [1.29, 1.82) is 0 Å². The fraction of sp³-hybridized carbons (Fsp3) is 0.333. The van der Waals surface area contributed by atoms with Gasteiger partial charge in [-0.1, -0.05) is 35.9 Å². The van der Waals surface area contributed by atoms with Crippen molar-refractivity contribution in [1.82, 2.24) is 0 Å². The third kappa shape index (κ3) is 5.31. The van der Waals surface area contributed by atoms with Crippen molar-refractivity contribution in [3.8, 4) is 0 Å². The van der Waals surface area contributed by atoms with E-state index in [1.54, 1.807) is 20.8 Å². The minimum absolute atomic E-state index is 0. The molecule has 2 nitrogen and oxygen atoms in total. The van der Waals surface area contributed by atoms with E-state index in [9.17, 15) is 4.79 Å². The van der Waals surface area contributed by atoms with Gasteiger partial charge in [0.1, 0.15) is 0 Å². The summed E-state index contributed by atoms with van der Waals surface area (Å²) in [5.41, 5.74) is 3.46. The molecule has 1 aliphatic rings. The molecular formula is C15H19O2Zr. The van der Waals surface area contributed by atoms with Gasteiger partial charge in [-0.3, -0.25) is 4.79 Å². The Labute approximate surface area is 128 Å². The van der Waals surface area contributed by atoms with E-state index in [2.05, 4.69) is 43.7 Å². The Morgan fingerprint density at radius 3 is 1.94 bits per heavy atom. The van der Waals surface area contributed by atoms with Gasteiger partial charge in [-0.15, -0.1) is 0 Å². The summed E-state index contributed by atoms with van der Waals surface area (Å²) in [6, 6.07) is 8.42. The van der Waals surface area contributed by atoms with Crippen LogP contribution in [0, 0.1) is 11.8 Å². The predicted octanol–water partition coefficient (Wildman–Crippen LogP) is 3.77. The Balaban J connectivity index is 0.000000326. The maximum Gasteiger partial charge on any atom is 0.308 e. The molecule has 18 heavy (non-hydrogen) atoms. The van der Waals surface area contributed by atoms with Crippen LogP contribution >= 0.6 is 0 Å². The zero-order valence-corrected chi connectivity index (χ0v) is 13.8. The van der Waals surface area contributed by atoms with Crippen LogP contribution in [0.25, 0.3) is 6.08 Å². The van der Waals surface area contributed by atoms with Crippen LogP contribution in [-0.2, 0) is 31.0 Å². The van der Waals surface area contributed by atoms with Gasteiger partial charge in [0.2, 0.25) is 0 Å². The number of aliphatic carboxylic acids is 1. The summed E-state index contributed by atoms with van der Waals surface area (Å²) >= 11 is 0. The van der Waals surface area contributed by atoms with Gasteiger partial charge in [0.05, 0.1) is 5.41 Å². The Morgan fingerprint density at radius 1 is 1.11 bits per heavy atom. The molecule has 0 fully saturated rings. The van der Waals surface area contributed by atoms with Crippen molar-refractivity contribution in [2.24, 2.45) is 5.41 Å². The monoisotopic (exact) mass is 321 g/mol. The van der Waals surface area contributed by atoms with Gasteiger partial charge in [-0.25, -0.2) is 0 Å². The fourth-order valence-electron chi connectivity index (χ4n) is 1.31. The number of hydrogen-bond acceptors (Lipinski definition) is 1. The van der Waals surface area contributed by atoms with Crippen LogP contribution in [0.3, 0.4) is 0 Å². The number of rotatable bonds is 0. The van der Waals surface area contributed by atoms with E-state index in [0.717, 1.165) is 0 Å². The number of carboxylic acid groups (broad SMARTS) is 1. The van der Waals surface area contributed by atoms with E-state index < -0.39 is 11.4 Å². The third-order valence-electron chi connectivity index (χ3n) is 2.40. The van der Waals surface area contributed by atoms with Crippen LogP contribution in [0.15, 0.2) is 29.8 Å². The molecule has 0 atom stereocenters. The zero-order chi connectivity index (χ0) is 13.1. The first-order valence-electron chi connectivity index (χ1n) is 5.66. The Bertz CT molecular complexity index is 442. The Hall–Kier alpha value is -0.687. The molecule has 1 aliphatic carbocycles. The van der Waals surface area contributed by atoms with Gasteiger partial charge in [0.15, 0.2) is 0 Å². The third-order valence-corrected chi connectivity index (χ3v) is 2.40. The van der Waals surface area contributed by atoms with Crippen molar-refractivity contribution in [2.75, 3.05) is 0 Å². The number of benzene rings is 1. The molecule has 0 spiro atoms. The van der Waals surface area contributed by atoms with Crippen LogP contribution in [0.2, 0.25) is 0 Å². The van der Waals surface area contributed by atoms with E-state index in [0.29, 0.717) is 0 Å². The largest absolute Gasteiger partial charge is 0.481 e. The van der Waals surface area contributed by atoms with E-state index in [4.69, 9.17) is 5.11 Å². The number of allylic oxidation sites excluding steroid dienone is 1. The second kappa shape index (κ2) is 7.04. The summed E-state index contributed by atoms with van der Waals surface area (Å²) in [6.45, 7) is 7.11. The molecule has 0 saturated heterocycles. The molecule has 0 unspecified atom stereocenters. The van der Waals surface area contributed by atoms with Gasteiger partial charge in [-0.2, -0.15) is 0 Å². The number of carboxylic acids is 1. The van der Waals surface area contributed by atoms with Gasteiger partial charge >= 0.3 is 5.97 Å². The molecule has 0 bridgehead atoms. The molecule has 0 aliphatic heterocycles. The second-order valence-electron chi connectivity index (χ2n) is 5.22. The standard InChI is InChI=1S/C10H9.C5H10O2.Zr/c1-8-6-9-4-2-3-5-10(9)7-8;1-5(2,3)4(6)7;/h2-7H,1H3;1-3H3,(H,6,7);. The molecule has 1 aromatic carbocycles. The van der Waals surface area contributed by atoms with Gasteiger partial charge in [-0.05, 0) is 38.8 Å². The van der Waals surface area contributed by atoms with Gasteiger partial charge in [0, 0.05) is 32.6 Å². The summed E-state index contributed by atoms with van der Waals surface area (Å²) in [5.74, 6) is -0.757. The number of fused-ring (bicyclic) bond motifs is 1. The molecule has 1 N–H and O–H groups in total. The first-order valence-corrected chi connectivity index (χ1v) is 5.66. The SMILES string of the molecule is CC(C)(C)C(=O)O.CC1=Cc2ccccc2[CH]1.[Zr]. The summed E-state index contributed by atoms with van der Waals surface area (Å²) in [6.07, 6.45) is 4.41. The minimum Gasteiger partial charge on any atom is -0.481 e. The molecule has 0 amide bonds. The molecule has 95 valence electrons. The first-order chi connectivity index (χ1) is 7.80. The minimum atomic E-state index is -0.757. The Morgan fingerprint density at radius 2 is 1.56 bits per heavy atom. The average Bonchev–Trinajstić information content (AvgIpc) is 2.57. The molecule has 2 rings (SSSR count). The van der Waals surface area contributed by atoms with Crippen LogP contribution in [0.4, 0.5) is 0 Å². The smallest absolute Gasteiger partial charge is 0.308 e. The van der Waals surface area contributed by atoms with Crippen molar-refractivity contribution in [2.45, 2.75) is 27.7 Å². The summed E-state index contributed by atoms with van der Waals surface area (Å²) in [4.78, 5) is 10.0. The van der Waals surface area contributed by atoms with Crippen LogP contribution in [-0.4, -0.2) is 11.1 Å². The van der Waals surface area contributed by atoms with Crippen molar-refractivity contribution in [3.63, 3.8) is 0 Å². The number of hydrogen-bond donors (Lipinski definition) is 1. The quantitative estimate of drug-likeness (QED) is 0.789. The maximum absolute atomic E-state index is 10.0. The van der Waals surface area contributed by atoms with Crippen LogP contribution in [0.5, 0.6) is 0 Å². The molecule has 0 saturated carbocycles. The van der Waals surface area contributed by atoms with Crippen LogP contribution in [0.1, 0.15) is 38.8 Å². The maximum atomic E-state index is 10.0. The van der Waals surface area contributed by atoms with E-state index in [1.165, 1.54) is 16.7 Å². The second-order valence-corrected chi connectivity index (χ2v) is 5.22. The normalized spacial score (nSPS) is 12.6. The van der Waals surface area contributed by atoms with Crippen molar-refractivity contribution in [3.05, 3.63) is 47.4 Å². The van der Waals surface area contributed by atoms with Gasteiger partial charge in [0.25, 0.3) is 0 Å². The van der Waals surface area contributed by atoms with Crippen LogP contribution < -0.4 is 0 Å². The first kappa shape index (κ1) is 17.3. The van der Waals surface area contributed by atoms with E-state index in [-0.39, 0.29) is 26.2 Å². The molecule has 3 heteroatoms. The molecule has 1 radical (unpaired) electrons. The van der Waals surface area contributed by atoms with Crippen molar-refractivity contribution < 1.29 is 36.1 Å². The predicted molar refractivity (Wildman–Crippen MR) is 70.6 cm³/mol. The van der Waals surface area contributed by atoms with Crippen molar-refractivity contribution >= 4 is 12.0 Å². The molecular weight excluding hydrogens is 303 g/mol. The average molecular weight is 323 g/mol. The van der Waals surface area contributed by atoms with E-state index >= 15 is 0 Å². The summed E-state index contributed by atoms with van der Waals surface area (Å²) < 4.78 is 0. The molecule has 0 heterocycles. The van der Waals surface area contributed by atoms with E-state index in [1.807, 2.05) is 0 Å². The fourth-order valence-corrected chi connectivity index (χ4v) is 1.31. The topological polar surface area (TPSA) is 37.3 Å². The zero-order valence-electron chi connectivity index (χ0n) is 11.3. The summed E-state index contributed by atoms with van der Waals surface area (Å²) in [7, 11) is 0. The van der Waals surface area contributed by atoms with Gasteiger partial charge < -0.3 is 5.11 Å². The Kier molecular flexibility index (Phi) is 6.77. The summed E-state index contributed by atoms with van der Waals surface area (Å²) in [5, 5.41) is 8.25. The number of carbonyl (C=O) groups is 1.